The highest BCUT2D eigenvalue weighted by molar-refractivity contribution is 8.14. The maximum Gasteiger partial charge on any atom is 0.338 e. The van der Waals surface area contributed by atoms with Crippen LogP contribution >= 0.6 is 11.8 Å². The maximum atomic E-state index is 12.9. The molecule has 162 valence electrons. The summed E-state index contributed by atoms with van der Waals surface area (Å²) >= 11 is 1.52. The van der Waals surface area contributed by atoms with Gasteiger partial charge in [-0.05, 0) is 44.9 Å². The normalized spacial score (nSPS) is 18.7. The van der Waals surface area contributed by atoms with Crippen LogP contribution in [0.2, 0.25) is 0 Å². The molecule has 2 aliphatic heterocycles. The van der Waals surface area contributed by atoms with E-state index < -0.39 is 12.0 Å². The molecule has 0 radical (unpaired) electrons. The molecule has 0 aromatic heterocycles. The van der Waals surface area contributed by atoms with Crippen molar-refractivity contribution in [1.29, 1.82) is 0 Å². The van der Waals surface area contributed by atoms with Gasteiger partial charge in [0.15, 0.2) is 16.7 Å². The van der Waals surface area contributed by atoms with E-state index in [-0.39, 0.29) is 12.5 Å². The Labute approximate surface area is 181 Å². The molecule has 0 N–H and O–H groups in total. The summed E-state index contributed by atoms with van der Waals surface area (Å²) in [4.78, 5) is 31.9. The molecule has 1 saturated heterocycles. The zero-order valence-electron chi connectivity index (χ0n) is 17.9. The number of carbonyl (C=O) groups is 2. The summed E-state index contributed by atoms with van der Waals surface area (Å²) in [5.74, 6) is 1.39. The number of amidine groups is 1. The van der Waals surface area contributed by atoms with Gasteiger partial charge >= 0.3 is 5.97 Å². The second-order valence-electron chi connectivity index (χ2n) is 6.87. The van der Waals surface area contributed by atoms with E-state index in [0.29, 0.717) is 53.3 Å². The van der Waals surface area contributed by atoms with E-state index in [9.17, 15) is 9.59 Å². The molecule has 3 rings (SSSR count). The highest BCUT2D eigenvalue weighted by atomic mass is 32.2. The van der Waals surface area contributed by atoms with Crippen LogP contribution in [0.3, 0.4) is 0 Å². The predicted octanol–water partition coefficient (Wildman–Crippen LogP) is 4.09. The number of fused-ring (bicyclic) bond motifs is 1. The fourth-order valence-corrected chi connectivity index (χ4v) is 4.48. The van der Waals surface area contributed by atoms with Crippen molar-refractivity contribution >= 4 is 28.8 Å². The molecule has 1 aromatic rings. The SMILES string of the molecule is CCCOc1ccc([C@@H]2C(C(=O)OCC)=C(C)N=C3SCCC(=O)N32)cc1OCC. The van der Waals surface area contributed by atoms with Crippen LogP contribution in [-0.4, -0.2) is 47.5 Å². The number of hydrogen-bond donors (Lipinski definition) is 0. The summed E-state index contributed by atoms with van der Waals surface area (Å²) in [7, 11) is 0. The Kier molecular flexibility index (Phi) is 7.42. The molecule has 0 saturated carbocycles. The quantitative estimate of drug-likeness (QED) is 0.576. The average Bonchev–Trinajstić information content (AvgIpc) is 2.72. The fraction of sp³-hybridized carbons (Fsp3) is 0.500. The number of aliphatic imine (C=N–C) groups is 1. The molecule has 7 nitrogen and oxygen atoms in total. The van der Waals surface area contributed by atoms with Gasteiger partial charge in [0, 0.05) is 12.2 Å². The number of carbonyl (C=O) groups excluding carboxylic acids is 2. The topological polar surface area (TPSA) is 77.4 Å². The van der Waals surface area contributed by atoms with Crippen molar-refractivity contribution in [1.82, 2.24) is 4.90 Å². The van der Waals surface area contributed by atoms with E-state index in [1.807, 2.05) is 32.0 Å². The number of benzene rings is 1. The van der Waals surface area contributed by atoms with Crippen molar-refractivity contribution in [2.24, 2.45) is 4.99 Å². The summed E-state index contributed by atoms with van der Waals surface area (Å²) < 4.78 is 16.9. The highest BCUT2D eigenvalue weighted by Gasteiger charge is 2.41. The Bertz CT molecular complexity index is 880. The second kappa shape index (κ2) is 10.0. The van der Waals surface area contributed by atoms with Gasteiger partial charge in [-0.3, -0.25) is 9.69 Å². The molecule has 0 unspecified atom stereocenters. The minimum Gasteiger partial charge on any atom is -0.490 e. The largest absolute Gasteiger partial charge is 0.490 e. The first kappa shape index (κ1) is 22.2. The van der Waals surface area contributed by atoms with E-state index >= 15 is 0 Å². The first-order chi connectivity index (χ1) is 14.5. The van der Waals surface area contributed by atoms with Gasteiger partial charge in [-0.2, -0.15) is 0 Å². The molecule has 1 atom stereocenters. The third-order valence-corrected chi connectivity index (χ3v) is 5.70. The van der Waals surface area contributed by atoms with Gasteiger partial charge in [-0.25, -0.2) is 9.79 Å². The number of esters is 1. The minimum absolute atomic E-state index is 0.0592. The van der Waals surface area contributed by atoms with Crippen molar-refractivity contribution in [3.63, 3.8) is 0 Å². The summed E-state index contributed by atoms with van der Waals surface area (Å²) in [5, 5.41) is 0.617. The van der Waals surface area contributed by atoms with Gasteiger partial charge in [0.1, 0.15) is 0 Å². The van der Waals surface area contributed by atoms with Crippen molar-refractivity contribution in [2.45, 2.75) is 46.6 Å². The molecule has 0 bridgehead atoms. The van der Waals surface area contributed by atoms with Crippen LogP contribution in [0.15, 0.2) is 34.5 Å². The molecular weight excluding hydrogens is 404 g/mol. The molecule has 2 aliphatic rings. The minimum atomic E-state index is -0.615. The van der Waals surface area contributed by atoms with E-state index in [0.717, 1.165) is 12.0 Å². The smallest absolute Gasteiger partial charge is 0.338 e. The Balaban J connectivity index is 2.11. The number of rotatable bonds is 8. The summed E-state index contributed by atoms with van der Waals surface area (Å²) in [6, 6.07) is 4.94. The lowest BCUT2D eigenvalue weighted by molar-refractivity contribution is -0.139. The van der Waals surface area contributed by atoms with Crippen molar-refractivity contribution in [3.05, 3.63) is 35.0 Å². The van der Waals surface area contributed by atoms with Gasteiger partial charge in [-0.15, -0.1) is 0 Å². The molecule has 1 aromatic carbocycles. The van der Waals surface area contributed by atoms with Crippen LogP contribution in [0.25, 0.3) is 0 Å². The number of allylic oxidation sites excluding steroid dienone is 1. The van der Waals surface area contributed by atoms with E-state index in [2.05, 4.69) is 4.99 Å². The first-order valence-corrected chi connectivity index (χ1v) is 11.3. The molecule has 8 heteroatoms. The Hall–Kier alpha value is -2.48. The maximum absolute atomic E-state index is 12.9. The number of nitrogens with zero attached hydrogens (tertiary/aromatic N) is 2. The van der Waals surface area contributed by atoms with Gasteiger partial charge in [0.05, 0.1) is 37.1 Å². The number of hydrogen-bond acceptors (Lipinski definition) is 7. The second-order valence-corrected chi connectivity index (χ2v) is 7.93. The monoisotopic (exact) mass is 432 g/mol. The molecule has 1 fully saturated rings. The van der Waals surface area contributed by atoms with Crippen LogP contribution in [0.5, 0.6) is 11.5 Å². The number of ether oxygens (including phenoxy) is 3. The zero-order valence-corrected chi connectivity index (χ0v) is 18.7. The zero-order chi connectivity index (χ0) is 21.7. The lowest BCUT2D eigenvalue weighted by Crippen LogP contribution is -2.45. The third kappa shape index (κ3) is 4.48. The molecule has 0 aliphatic carbocycles. The molecule has 2 heterocycles. The number of amides is 1. The first-order valence-electron chi connectivity index (χ1n) is 10.3. The standard InChI is InChI=1S/C22H28N2O5S/c1-5-11-29-16-9-8-15(13-17(16)27-6-2)20-19(21(26)28-7-3)14(4)23-22-24(20)18(25)10-12-30-22/h8-9,13,20H,5-7,10-12H2,1-4H3/t20-/m1/s1. The average molecular weight is 433 g/mol. The van der Waals surface area contributed by atoms with Crippen LogP contribution in [0.4, 0.5) is 0 Å². The van der Waals surface area contributed by atoms with Gasteiger partial charge in [-0.1, -0.05) is 24.8 Å². The molecule has 0 spiro atoms. The van der Waals surface area contributed by atoms with Gasteiger partial charge < -0.3 is 14.2 Å². The van der Waals surface area contributed by atoms with Crippen molar-refractivity contribution < 1.29 is 23.8 Å². The van der Waals surface area contributed by atoms with Gasteiger partial charge in [0.2, 0.25) is 5.91 Å². The summed E-state index contributed by atoms with van der Waals surface area (Å²) in [6.07, 6.45) is 1.27. The molecular formula is C22H28N2O5S. The van der Waals surface area contributed by atoms with Crippen LogP contribution in [0, 0.1) is 0 Å². The van der Waals surface area contributed by atoms with Gasteiger partial charge in [0.25, 0.3) is 0 Å². The van der Waals surface area contributed by atoms with Crippen LogP contribution in [-0.2, 0) is 14.3 Å². The van der Waals surface area contributed by atoms with Crippen LogP contribution in [0.1, 0.15) is 52.1 Å². The summed E-state index contributed by atoms with van der Waals surface area (Å²) in [6.45, 7) is 8.78. The van der Waals surface area contributed by atoms with Crippen molar-refractivity contribution in [2.75, 3.05) is 25.6 Å². The lowest BCUT2D eigenvalue weighted by atomic mass is 9.94. The summed E-state index contributed by atoms with van der Waals surface area (Å²) in [5.41, 5.74) is 1.70. The van der Waals surface area contributed by atoms with Crippen molar-refractivity contribution in [3.8, 4) is 11.5 Å². The van der Waals surface area contributed by atoms with E-state index in [4.69, 9.17) is 14.2 Å². The fourth-order valence-electron chi connectivity index (χ4n) is 3.48. The Morgan fingerprint density at radius 2 is 2.00 bits per heavy atom. The molecule has 30 heavy (non-hydrogen) atoms. The van der Waals surface area contributed by atoms with E-state index in [1.165, 1.54) is 11.8 Å². The predicted molar refractivity (Wildman–Crippen MR) is 117 cm³/mol. The third-order valence-electron chi connectivity index (χ3n) is 4.75. The number of thioether (sulfide) groups is 1. The Morgan fingerprint density at radius 3 is 2.70 bits per heavy atom. The highest BCUT2D eigenvalue weighted by Crippen LogP contribution is 2.42. The van der Waals surface area contributed by atoms with E-state index in [1.54, 1.807) is 18.7 Å². The molecule has 1 amide bonds. The van der Waals surface area contributed by atoms with Crippen LogP contribution < -0.4 is 9.47 Å². The Morgan fingerprint density at radius 1 is 1.20 bits per heavy atom. The lowest BCUT2D eigenvalue weighted by Gasteiger charge is -2.39.